The van der Waals surface area contributed by atoms with Crippen molar-refractivity contribution in [3.05, 3.63) is 24.3 Å². The molecule has 1 aliphatic carbocycles. The van der Waals surface area contributed by atoms with Crippen molar-refractivity contribution < 1.29 is 9.53 Å². The van der Waals surface area contributed by atoms with E-state index in [9.17, 15) is 4.79 Å². The van der Waals surface area contributed by atoms with E-state index >= 15 is 0 Å². The minimum atomic E-state index is -0.0485. The van der Waals surface area contributed by atoms with Crippen molar-refractivity contribution in [1.82, 2.24) is 5.32 Å². The number of amides is 1. The molecule has 1 aliphatic rings. The summed E-state index contributed by atoms with van der Waals surface area (Å²) in [7, 11) is 0. The van der Waals surface area contributed by atoms with Gasteiger partial charge in [-0.25, -0.2) is 0 Å². The molecular weight excluding hydrogens is 230 g/mol. The van der Waals surface area contributed by atoms with Crippen LogP contribution in [0.3, 0.4) is 0 Å². The van der Waals surface area contributed by atoms with Crippen LogP contribution in [-0.4, -0.2) is 25.1 Å². The highest BCUT2D eigenvalue weighted by Crippen LogP contribution is 2.18. The Morgan fingerprint density at radius 2 is 2.11 bits per heavy atom. The molecule has 0 aliphatic heterocycles. The monoisotopic (exact) mass is 245 g/mol. The summed E-state index contributed by atoms with van der Waals surface area (Å²) >= 11 is 0. The lowest BCUT2D eigenvalue weighted by Crippen LogP contribution is -2.29. The van der Waals surface area contributed by atoms with Crippen LogP contribution in [0.1, 0.15) is 12.8 Å². The average Bonchev–Trinajstić information content (AvgIpc) is 3.20. The minimum Gasteiger partial charge on any atom is -0.479 e. The molecule has 2 rings (SSSR count). The van der Waals surface area contributed by atoms with E-state index in [-0.39, 0.29) is 12.5 Å². The molecule has 18 heavy (non-hydrogen) atoms. The first kappa shape index (κ1) is 12.4. The Kier molecular flexibility index (Phi) is 4.15. The van der Waals surface area contributed by atoms with Gasteiger partial charge < -0.3 is 15.4 Å². The van der Waals surface area contributed by atoms with E-state index in [1.807, 2.05) is 6.07 Å². The number of nitrogens with zero attached hydrogens (tertiary/aromatic N) is 1. The van der Waals surface area contributed by atoms with E-state index in [0.29, 0.717) is 18.3 Å². The molecule has 2 N–H and O–H groups in total. The number of hydrogen-bond acceptors (Lipinski definition) is 4. The molecule has 0 spiro atoms. The van der Waals surface area contributed by atoms with Gasteiger partial charge in [0, 0.05) is 11.7 Å². The van der Waals surface area contributed by atoms with Gasteiger partial charge in [-0.2, -0.15) is 5.26 Å². The number of anilines is 1. The molecule has 0 atom stereocenters. The second-order valence-corrected chi connectivity index (χ2v) is 4.17. The number of carbonyl (C=O) groups is 1. The van der Waals surface area contributed by atoms with Gasteiger partial charge in [0.25, 0.3) is 0 Å². The van der Waals surface area contributed by atoms with Crippen molar-refractivity contribution in [2.24, 2.45) is 0 Å². The smallest absolute Gasteiger partial charge is 0.238 e. The number of benzene rings is 1. The Bertz CT molecular complexity index is 446. The molecule has 5 heteroatoms. The zero-order valence-corrected chi connectivity index (χ0v) is 9.98. The molecule has 5 nitrogen and oxygen atoms in total. The Morgan fingerprint density at radius 3 is 2.72 bits per heavy atom. The van der Waals surface area contributed by atoms with Crippen LogP contribution in [0.4, 0.5) is 5.69 Å². The summed E-state index contributed by atoms with van der Waals surface area (Å²) < 4.78 is 5.12. The van der Waals surface area contributed by atoms with Gasteiger partial charge in [-0.05, 0) is 37.1 Å². The van der Waals surface area contributed by atoms with Crippen LogP contribution in [0.2, 0.25) is 0 Å². The van der Waals surface area contributed by atoms with E-state index in [1.54, 1.807) is 24.3 Å². The molecule has 0 aromatic heterocycles. The molecule has 0 bridgehead atoms. The Balaban J connectivity index is 1.77. The lowest BCUT2D eigenvalue weighted by atomic mass is 10.3. The second-order valence-electron chi connectivity index (χ2n) is 4.17. The van der Waals surface area contributed by atoms with E-state index < -0.39 is 0 Å². The SMILES string of the molecule is N#CCOc1ccc(NC(=O)CNC2CC2)cc1. The lowest BCUT2D eigenvalue weighted by Gasteiger charge is -2.07. The van der Waals surface area contributed by atoms with Crippen molar-refractivity contribution in [3.63, 3.8) is 0 Å². The van der Waals surface area contributed by atoms with Crippen LogP contribution < -0.4 is 15.4 Å². The number of carbonyl (C=O) groups excluding carboxylic acids is 1. The zero-order valence-electron chi connectivity index (χ0n) is 9.98. The van der Waals surface area contributed by atoms with Crippen LogP contribution in [0.25, 0.3) is 0 Å². The summed E-state index contributed by atoms with van der Waals surface area (Å²) in [6, 6.07) is 9.37. The standard InChI is InChI=1S/C13H15N3O2/c14-7-8-18-12-5-3-11(4-6-12)16-13(17)9-15-10-1-2-10/h3-6,10,15H,1-2,8-9H2,(H,16,17). The maximum absolute atomic E-state index is 11.6. The summed E-state index contributed by atoms with van der Waals surface area (Å²) in [6.45, 7) is 0.369. The van der Waals surface area contributed by atoms with Crippen molar-refractivity contribution in [1.29, 1.82) is 5.26 Å². The number of rotatable bonds is 6. The van der Waals surface area contributed by atoms with Crippen molar-refractivity contribution in [3.8, 4) is 11.8 Å². The van der Waals surface area contributed by atoms with Crippen LogP contribution in [0.15, 0.2) is 24.3 Å². The normalized spacial score (nSPS) is 13.7. The highest BCUT2D eigenvalue weighted by atomic mass is 16.5. The third-order valence-corrected chi connectivity index (χ3v) is 2.57. The molecule has 94 valence electrons. The molecule has 1 amide bonds. The van der Waals surface area contributed by atoms with Gasteiger partial charge in [0.1, 0.15) is 11.8 Å². The van der Waals surface area contributed by atoms with Crippen LogP contribution in [-0.2, 0) is 4.79 Å². The average molecular weight is 245 g/mol. The van der Waals surface area contributed by atoms with Crippen molar-refractivity contribution >= 4 is 11.6 Å². The van der Waals surface area contributed by atoms with E-state index in [2.05, 4.69) is 10.6 Å². The first-order valence-electron chi connectivity index (χ1n) is 5.91. The maximum Gasteiger partial charge on any atom is 0.238 e. The molecule has 1 aromatic rings. The summed E-state index contributed by atoms with van der Waals surface area (Å²) in [5.41, 5.74) is 0.724. The van der Waals surface area contributed by atoms with Gasteiger partial charge in [-0.1, -0.05) is 0 Å². The van der Waals surface area contributed by atoms with E-state index in [0.717, 1.165) is 18.5 Å². The first-order chi connectivity index (χ1) is 8.78. The van der Waals surface area contributed by atoms with Gasteiger partial charge >= 0.3 is 0 Å². The number of ether oxygens (including phenoxy) is 1. The number of hydrogen-bond donors (Lipinski definition) is 2. The first-order valence-corrected chi connectivity index (χ1v) is 5.91. The molecule has 1 aromatic carbocycles. The highest BCUT2D eigenvalue weighted by Gasteiger charge is 2.21. The summed E-state index contributed by atoms with van der Waals surface area (Å²) in [6.07, 6.45) is 2.33. The predicted molar refractivity (Wildman–Crippen MR) is 67.2 cm³/mol. The fourth-order valence-corrected chi connectivity index (χ4v) is 1.48. The Labute approximate surface area is 106 Å². The predicted octanol–water partition coefficient (Wildman–Crippen LogP) is 1.28. The van der Waals surface area contributed by atoms with Crippen LogP contribution in [0, 0.1) is 11.3 Å². The number of nitriles is 1. The molecular formula is C13H15N3O2. The largest absolute Gasteiger partial charge is 0.479 e. The fraction of sp³-hybridized carbons (Fsp3) is 0.385. The number of nitrogens with one attached hydrogen (secondary N) is 2. The van der Waals surface area contributed by atoms with Gasteiger partial charge in [-0.15, -0.1) is 0 Å². The molecule has 0 unspecified atom stereocenters. The van der Waals surface area contributed by atoms with Crippen LogP contribution in [0.5, 0.6) is 5.75 Å². The summed E-state index contributed by atoms with van der Waals surface area (Å²) in [5, 5.41) is 14.3. The molecule has 0 heterocycles. The zero-order chi connectivity index (χ0) is 12.8. The van der Waals surface area contributed by atoms with Crippen molar-refractivity contribution in [2.75, 3.05) is 18.5 Å². The van der Waals surface area contributed by atoms with Crippen LogP contribution >= 0.6 is 0 Å². The van der Waals surface area contributed by atoms with E-state index in [1.165, 1.54) is 0 Å². The van der Waals surface area contributed by atoms with Gasteiger partial charge in [0.2, 0.25) is 5.91 Å². The molecule has 0 saturated heterocycles. The molecule has 1 fully saturated rings. The fourth-order valence-electron chi connectivity index (χ4n) is 1.48. The summed E-state index contributed by atoms with van der Waals surface area (Å²) in [5.74, 6) is 0.568. The lowest BCUT2D eigenvalue weighted by molar-refractivity contribution is -0.115. The quantitative estimate of drug-likeness (QED) is 0.791. The Morgan fingerprint density at radius 1 is 1.39 bits per heavy atom. The van der Waals surface area contributed by atoms with Gasteiger partial charge in [0.05, 0.1) is 6.54 Å². The highest BCUT2D eigenvalue weighted by molar-refractivity contribution is 5.92. The third-order valence-electron chi connectivity index (χ3n) is 2.57. The molecule has 0 radical (unpaired) electrons. The van der Waals surface area contributed by atoms with E-state index in [4.69, 9.17) is 10.00 Å². The van der Waals surface area contributed by atoms with Crippen molar-refractivity contribution in [2.45, 2.75) is 18.9 Å². The topological polar surface area (TPSA) is 74.1 Å². The third kappa shape index (κ3) is 4.07. The molecule has 1 saturated carbocycles. The Hall–Kier alpha value is -2.06. The van der Waals surface area contributed by atoms with Gasteiger partial charge in [0.15, 0.2) is 6.61 Å². The summed E-state index contributed by atoms with van der Waals surface area (Å²) in [4.78, 5) is 11.6. The second kappa shape index (κ2) is 6.03. The minimum absolute atomic E-state index is 0.0248. The van der Waals surface area contributed by atoms with Gasteiger partial charge in [-0.3, -0.25) is 4.79 Å². The maximum atomic E-state index is 11.6.